The summed E-state index contributed by atoms with van der Waals surface area (Å²) in [5.74, 6) is 0.886. The molecule has 3 rings (SSSR count). The minimum Gasteiger partial charge on any atom is -0.495 e. The van der Waals surface area contributed by atoms with Crippen molar-refractivity contribution in [3.63, 3.8) is 0 Å². The number of hydrogen-bond acceptors (Lipinski definition) is 5. The normalized spacial score (nSPS) is 10.3. The number of methoxy groups -OCH3 is 1. The number of ether oxygens (including phenoxy) is 2. The Balaban J connectivity index is 1.70. The van der Waals surface area contributed by atoms with Crippen molar-refractivity contribution in [1.82, 2.24) is 14.8 Å². The first kappa shape index (κ1) is 16.5. The summed E-state index contributed by atoms with van der Waals surface area (Å²) in [6.07, 6.45) is 3.16. The molecule has 1 heterocycles. The SMILES string of the molecule is COc1ccccc1NC(=O)COc1ccc(C)cc1-n1cnnc1. The van der Waals surface area contributed by atoms with Crippen LogP contribution < -0.4 is 14.8 Å². The monoisotopic (exact) mass is 338 g/mol. The average Bonchev–Trinajstić information content (AvgIpc) is 3.15. The summed E-state index contributed by atoms with van der Waals surface area (Å²) in [5, 5.41) is 10.4. The first-order valence-electron chi connectivity index (χ1n) is 7.68. The minimum absolute atomic E-state index is 0.129. The summed E-state index contributed by atoms with van der Waals surface area (Å²) >= 11 is 0. The van der Waals surface area contributed by atoms with Gasteiger partial charge in [-0.2, -0.15) is 0 Å². The zero-order chi connectivity index (χ0) is 17.6. The zero-order valence-corrected chi connectivity index (χ0v) is 14.0. The van der Waals surface area contributed by atoms with Crippen LogP contribution in [0.25, 0.3) is 5.69 Å². The van der Waals surface area contributed by atoms with Crippen LogP contribution in [0.5, 0.6) is 11.5 Å². The largest absolute Gasteiger partial charge is 0.495 e. The third-order valence-electron chi connectivity index (χ3n) is 3.55. The molecular formula is C18H18N4O3. The molecule has 128 valence electrons. The lowest BCUT2D eigenvalue weighted by Crippen LogP contribution is -2.21. The molecule has 0 bridgehead atoms. The van der Waals surface area contributed by atoms with Crippen LogP contribution in [0.2, 0.25) is 0 Å². The number of aromatic nitrogens is 3. The van der Waals surface area contributed by atoms with Crippen molar-refractivity contribution in [1.29, 1.82) is 0 Å². The fourth-order valence-electron chi connectivity index (χ4n) is 2.35. The van der Waals surface area contributed by atoms with Gasteiger partial charge in [-0.15, -0.1) is 10.2 Å². The van der Waals surface area contributed by atoms with Crippen LogP contribution in [0, 0.1) is 6.92 Å². The van der Waals surface area contributed by atoms with E-state index in [0.717, 1.165) is 11.3 Å². The molecule has 0 unspecified atom stereocenters. The predicted molar refractivity (Wildman–Crippen MR) is 93.2 cm³/mol. The summed E-state index contributed by atoms with van der Waals surface area (Å²) in [7, 11) is 1.55. The first-order valence-corrected chi connectivity index (χ1v) is 7.68. The van der Waals surface area contributed by atoms with E-state index in [1.54, 1.807) is 36.5 Å². The zero-order valence-electron chi connectivity index (χ0n) is 14.0. The molecule has 0 spiro atoms. The summed E-state index contributed by atoms with van der Waals surface area (Å²) in [5.41, 5.74) is 2.44. The maximum Gasteiger partial charge on any atom is 0.262 e. The van der Waals surface area contributed by atoms with E-state index in [2.05, 4.69) is 15.5 Å². The van der Waals surface area contributed by atoms with Gasteiger partial charge in [-0.25, -0.2) is 0 Å². The Kier molecular flexibility index (Phi) is 4.94. The summed E-state index contributed by atoms with van der Waals surface area (Å²) in [4.78, 5) is 12.2. The van der Waals surface area contributed by atoms with Gasteiger partial charge in [0.1, 0.15) is 24.2 Å². The lowest BCUT2D eigenvalue weighted by atomic mass is 10.2. The van der Waals surface area contributed by atoms with Crippen molar-refractivity contribution < 1.29 is 14.3 Å². The molecule has 7 heteroatoms. The highest BCUT2D eigenvalue weighted by molar-refractivity contribution is 5.93. The summed E-state index contributed by atoms with van der Waals surface area (Å²) in [6.45, 7) is 1.85. The van der Waals surface area contributed by atoms with Crippen molar-refractivity contribution in [2.75, 3.05) is 19.0 Å². The van der Waals surface area contributed by atoms with Gasteiger partial charge in [0.05, 0.1) is 18.5 Å². The third-order valence-corrected chi connectivity index (χ3v) is 3.55. The molecule has 1 aromatic heterocycles. The average molecular weight is 338 g/mol. The second-order valence-electron chi connectivity index (χ2n) is 5.38. The van der Waals surface area contributed by atoms with E-state index in [-0.39, 0.29) is 12.5 Å². The first-order chi connectivity index (χ1) is 12.2. The van der Waals surface area contributed by atoms with Crippen LogP contribution in [0.1, 0.15) is 5.56 Å². The molecule has 0 fully saturated rings. The van der Waals surface area contributed by atoms with Crippen LogP contribution in [-0.2, 0) is 4.79 Å². The van der Waals surface area contributed by atoms with E-state index in [1.165, 1.54) is 0 Å². The van der Waals surface area contributed by atoms with Crippen LogP contribution in [0.15, 0.2) is 55.1 Å². The van der Waals surface area contributed by atoms with Crippen LogP contribution in [-0.4, -0.2) is 34.4 Å². The van der Waals surface area contributed by atoms with E-state index in [4.69, 9.17) is 9.47 Å². The van der Waals surface area contributed by atoms with Crippen molar-refractivity contribution in [2.24, 2.45) is 0 Å². The highest BCUT2D eigenvalue weighted by Crippen LogP contribution is 2.25. The number of para-hydroxylation sites is 2. The van der Waals surface area contributed by atoms with Gasteiger partial charge in [0, 0.05) is 0 Å². The number of aryl methyl sites for hydroxylation is 1. The van der Waals surface area contributed by atoms with Gasteiger partial charge in [-0.3, -0.25) is 9.36 Å². The van der Waals surface area contributed by atoms with Gasteiger partial charge in [-0.1, -0.05) is 18.2 Å². The van der Waals surface area contributed by atoms with Gasteiger partial charge in [0.25, 0.3) is 5.91 Å². The quantitative estimate of drug-likeness (QED) is 0.747. The standard InChI is InChI=1S/C18H18N4O3/c1-13-7-8-17(15(9-13)22-11-19-20-12-22)25-10-18(23)21-14-5-3-4-6-16(14)24-2/h3-9,11-12H,10H2,1-2H3,(H,21,23). The number of anilines is 1. The number of rotatable bonds is 6. The molecule has 7 nitrogen and oxygen atoms in total. The third kappa shape index (κ3) is 3.95. The second kappa shape index (κ2) is 7.48. The Labute approximate surface area is 145 Å². The Morgan fingerprint density at radius 1 is 1.12 bits per heavy atom. The van der Waals surface area contributed by atoms with Crippen LogP contribution in [0.4, 0.5) is 5.69 Å². The van der Waals surface area contributed by atoms with Crippen molar-refractivity contribution >= 4 is 11.6 Å². The second-order valence-corrected chi connectivity index (χ2v) is 5.38. The maximum atomic E-state index is 12.2. The molecule has 1 amide bonds. The summed E-state index contributed by atoms with van der Waals surface area (Å²) < 4.78 is 12.6. The molecule has 0 saturated carbocycles. The molecule has 0 aliphatic rings. The Hall–Kier alpha value is -3.35. The van der Waals surface area contributed by atoms with Crippen LogP contribution in [0.3, 0.4) is 0 Å². The number of nitrogens with one attached hydrogen (secondary N) is 1. The minimum atomic E-state index is -0.278. The number of carbonyl (C=O) groups excluding carboxylic acids is 1. The molecule has 0 aliphatic heterocycles. The highest BCUT2D eigenvalue weighted by Gasteiger charge is 2.11. The van der Waals surface area contributed by atoms with Gasteiger partial charge in [-0.05, 0) is 36.8 Å². The van der Waals surface area contributed by atoms with E-state index >= 15 is 0 Å². The predicted octanol–water partition coefficient (Wildman–Crippen LogP) is 2.60. The molecule has 1 N–H and O–H groups in total. The molecule has 0 aliphatic carbocycles. The fourth-order valence-corrected chi connectivity index (χ4v) is 2.35. The van der Waals surface area contributed by atoms with E-state index in [1.807, 2.05) is 37.3 Å². The number of amides is 1. The van der Waals surface area contributed by atoms with Gasteiger partial charge >= 0.3 is 0 Å². The Bertz CT molecular complexity index is 863. The molecule has 0 saturated heterocycles. The molecule has 25 heavy (non-hydrogen) atoms. The van der Waals surface area contributed by atoms with E-state index < -0.39 is 0 Å². The smallest absolute Gasteiger partial charge is 0.262 e. The lowest BCUT2D eigenvalue weighted by molar-refractivity contribution is -0.118. The number of hydrogen-bond donors (Lipinski definition) is 1. The Morgan fingerprint density at radius 3 is 2.64 bits per heavy atom. The van der Waals surface area contributed by atoms with Crippen LogP contribution >= 0.6 is 0 Å². The van der Waals surface area contributed by atoms with Gasteiger partial charge < -0.3 is 14.8 Å². The van der Waals surface area contributed by atoms with Crippen molar-refractivity contribution in [3.05, 3.63) is 60.7 Å². The number of nitrogens with zero attached hydrogens (tertiary/aromatic N) is 3. The van der Waals surface area contributed by atoms with Gasteiger partial charge in [0.15, 0.2) is 6.61 Å². The number of benzene rings is 2. The summed E-state index contributed by atoms with van der Waals surface area (Å²) in [6, 6.07) is 12.9. The Morgan fingerprint density at radius 2 is 1.88 bits per heavy atom. The number of carbonyl (C=O) groups is 1. The van der Waals surface area contributed by atoms with Gasteiger partial charge in [0.2, 0.25) is 0 Å². The van der Waals surface area contributed by atoms with Crippen molar-refractivity contribution in [2.45, 2.75) is 6.92 Å². The maximum absolute atomic E-state index is 12.2. The molecule has 2 aromatic carbocycles. The molecule has 0 atom stereocenters. The van der Waals surface area contributed by atoms with E-state index in [0.29, 0.717) is 17.2 Å². The highest BCUT2D eigenvalue weighted by atomic mass is 16.5. The fraction of sp³-hybridized carbons (Fsp3) is 0.167. The topological polar surface area (TPSA) is 78.3 Å². The van der Waals surface area contributed by atoms with E-state index in [9.17, 15) is 4.79 Å². The van der Waals surface area contributed by atoms with Crippen molar-refractivity contribution in [3.8, 4) is 17.2 Å². The molecule has 3 aromatic rings. The molecular weight excluding hydrogens is 320 g/mol. The molecule has 0 radical (unpaired) electrons. The lowest BCUT2D eigenvalue weighted by Gasteiger charge is -2.13.